The molecule has 0 saturated heterocycles. The van der Waals surface area contributed by atoms with Crippen LogP contribution in [0.4, 0.5) is 0 Å². The molecule has 0 saturated carbocycles. The normalized spacial score (nSPS) is 12.6. The average Bonchev–Trinajstić information content (AvgIpc) is 2.61. The van der Waals surface area contributed by atoms with Crippen LogP contribution in [0.2, 0.25) is 0 Å². The highest BCUT2D eigenvalue weighted by molar-refractivity contribution is 9.10. The maximum absolute atomic E-state index is 10.7. The van der Waals surface area contributed by atoms with Gasteiger partial charge in [0.05, 0.1) is 19.1 Å². The third-order valence-electron chi connectivity index (χ3n) is 2.23. The van der Waals surface area contributed by atoms with Crippen molar-refractivity contribution in [3.05, 3.63) is 22.6 Å². The van der Waals surface area contributed by atoms with Gasteiger partial charge in [-0.2, -0.15) is 0 Å². The molecular weight excluding hydrogens is 294 g/mol. The van der Waals surface area contributed by atoms with Crippen LogP contribution in [0, 0.1) is 0 Å². The van der Waals surface area contributed by atoms with E-state index in [4.69, 9.17) is 14.6 Å². The second-order valence-corrected chi connectivity index (χ2v) is 4.29. The molecule has 0 radical (unpaired) electrons. The third-order valence-corrected chi connectivity index (χ3v) is 2.66. The Balaban J connectivity index is 2.81. The van der Waals surface area contributed by atoms with Gasteiger partial charge in [-0.15, -0.1) is 0 Å². The summed E-state index contributed by atoms with van der Waals surface area (Å²) in [4.78, 5) is 22.6. The highest BCUT2D eigenvalue weighted by atomic mass is 79.9. The molecule has 94 valence electrons. The lowest BCUT2D eigenvalue weighted by Gasteiger charge is -2.23. The maximum atomic E-state index is 10.7. The summed E-state index contributed by atoms with van der Waals surface area (Å²) < 4.78 is 5.80. The van der Waals surface area contributed by atoms with Gasteiger partial charge in [-0.05, 0) is 35.0 Å². The Kier molecular flexibility index (Phi) is 4.71. The molecule has 0 spiro atoms. The zero-order chi connectivity index (χ0) is 13.0. The summed E-state index contributed by atoms with van der Waals surface area (Å²) in [6.07, 6.45) is 0. The van der Waals surface area contributed by atoms with E-state index in [1.54, 1.807) is 19.1 Å². The lowest BCUT2D eigenvalue weighted by Crippen LogP contribution is -2.36. The minimum absolute atomic E-state index is 0.355. The zero-order valence-corrected chi connectivity index (χ0v) is 10.7. The summed E-state index contributed by atoms with van der Waals surface area (Å²) >= 11 is 3.13. The van der Waals surface area contributed by atoms with E-state index in [1.807, 2.05) is 0 Å². The molecule has 0 aliphatic heterocycles. The maximum Gasteiger partial charge on any atom is 0.317 e. The number of hydrogen-bond acceptors (Lipinski definition) is 4. The van der Waals surface area contributed by atoms with E-state index < -0.39 is 18.0 Å². The van der Waals surface area contributed by atoms with Crippen LogP contribution in [0.3, 0.4) is 0 Å². The van der Waals surface area contributed by atoms with Crippen molar-refractivity contribution in [1.82, 2.24) is 4.90 Å². The smallest absolute Gasteiger partial charge is 0.317 e. The van der Waals surface area contributed by atoms with Gasteiger partial charge in [0, 0.05) is 0 Å². The van der Waals surface area contributed by atoms with Crippen LogP contribution >= 0.6 is 15.9 Å². The van der Waals surface area contributed by atoms with Crippen molar-refractivity contribution >= 4 is 27.9 Å². The summed E-state index contributed by atoms with van der Waals surface area (Å²) in [5.74, 6) is -1.65. The molecular formula is C10H12BrNO5. The number of rotatable bonds is 6. The summed E-state index contributed by atoms with van der Waals surface area (Å²) in [7, 11) is 0. The summed E-state index contributed by atoms with van der Waals surface area (Å²) in [6, 6.07) is 2.92. The van der Waals surface area contributed by atoms with E-state index in [1.165, 1.54) is 4.90 Å². The number of nitrogens with zero attached hydrogens (tertiary/aromatic N) is 1. The van der Waals surface area contributed by atoms with E-state index in [9.17, 15) is 9.59 Å². The topological polar surface area (TPSA) is 91.0 Å². The molecule has 2 N–H and O–H groups in total. The molecule has 1 aromatic heterocycles. The predicted molar refractivity (Wildman–Crippen MR) is 61.7 cm³/mol. The average molecular weight is 306 g/mol. The van der Waals surface area contributed by atoms with Gasteiger partial charge in [0.1, 0.15) is 5.76 Å². The first-order valence-electron chi connectivity index (χ1n) is 4.83. The Hall–Kier alpha value is -1.34. The Labute approximate surface area is 106 Å². The standard InChI is InChI=1S/C10H12BrNO5/c1-6(7-2-3-8(11)17-7)12(4-9(13)14)5-10(15)16/h2-3,6H,4-5H2,1H3,(H,13,14)(H,15,16). The number of aliphatic carboxylic acids is 2. The van der Waals surface area contributed by atoms with E-state index in [0.29, 0.717) is 10.4 Å². The van der Waals surface area contributed by atoms with Crippen molar-refractivity contribution in [1.29, 1.82) is 0 Å². The number of furan rings is 1. The fourth-order valence-electron chi connectivity index (χ4n) is 1.41. The fraction of sp³-hybridized carbons (Fsp3) is 0.400. The largest absolute Gasteiger partial charge is 0.480 e. The predicted octanol–water partition coefficient (Wildman–Crippen LogP) is 1.57. The first-order valence-corrected chi connectivity index (χ1v) is 5.62. The van der Waals surface area contributed by atoms with Crippen LogP contribution in [-0.2, 0) is 9.59 Å². The van der Waals surface area contributed by atoms with Crippen LogP contribution in [0.15, 0.2) is 21.2 Å². The molecule has 17 heavy (non-hydrogen) atoms. The molecule has 0 aliphatic carbocycles. The first kappa shape index (κ1) is 13.7. The molecule has 0 fully saturated rings. The van der Waals surface area contributed by atoms with Crippen molar-refractivity contribution in [2.45, 2.75) is 13.0 Å². The minimum Gasteiger partial charge on any atom is -0.480 e. The van der Waals surface area contributed by atoms with Crippen LogP contribution in [0.5, 0.6) is 0 Å². The molecule has 1 heterocycles. The number of carbonyl (C=O) groups is 2. The first-order chi connectivity index (χ1) is 7.90. The number of hydrogen-bond donors (Lipinski definition) is 2. The Morgan fingerprint density at radius 1 is 1.35 bits per heavy atom. The van der Waals surface area contributed by atoms with Gasteiger partial charge in [0.15, 0.2) is 4.67 Å². The second kappa shape index (κ2) is 5.83. The molecule has 0 aromatic carbocycles. The Morgan fingerprint density at radius 2 is 1.88 bits per heavy atom. The van der Waals surface area contributed by atoms with E-state index in [-0.39, 0.29) is 13.1 Å². The summed E-state index contributed by atoms with van der Waals surface area (Å²) in [6.45, 7) is 0.981. The zero-order valence-electron chi connectivity index (χ0n) is 9.09. The van der Waals surface area contributed by atoms with Gasteiger partial charge in [-0.3, -0.25) is 14.5 Å². The van der Waals surface area contributed by atoms with Crippen molar-refractivity contribution < 1.29 is 24.2 Å². The van der Waals surface area contributed by atoms with Crippen LogP contribution in [0.25, 0.3) is 0 Å². The molecule has 6 nitrogen and oxygen atoms in total. The van der Waals surface area contributed by atoms with Crippen molar-refractivity contribution in [2.75, 3.05) is 13.1 Å². The second-order valence-electron chi connectivity index (χ2n) is 3.51. The van der Waals surface area contributed by atoms with Gasteiger partial charge in [-0.25, -0.2) is 0 Å². The molecule has 0 bridgehead atoms. The Morgan fingerprint density at radius 3 is 2.24 bits per heavy atom. The summed E-state index contributed by atoms with van der Waals surface area (Å²) in [5, 5.41) is 17.4. The van der Waals surface area contributed by atoms with Crippen LogP contribution in [0.1, 0.15) is 18.7 Å². The molecule has 0 amide bonds. The van der Waals surface area contributed by atoms with Crippen molar-refractivity contribution in [3.63, 3.8) is 0 Å². The van der Waals surface area contributed by atoms with Crippen LogP contribution < -0.4 is 0 Å². The quantitative estimate of drug-likeness (QED) is 0.829. The van der Waals surface area contributed by atoms with Crippen LogP contribution in [-0.4, -0.2) is 40.1 Å². The lowest BCUT2D eigenvalue weighted by atomic mass is 10.2. The van der Waals surface area contributed by atoms with E-state index in [2.05, 4.69) is 15.9 Å². The molecule has 7 heteroatoms. The lowest BCUT2D eigenvalue weighted by molar-refractivity contribution is -0.142. The highest BCUT2D eigenvalue weighted by Gasteiger charge is 2.23. The van der Waals surface area contributed by atoms with Gasteiger partial charge < -0.3 is 14.6 Å². The van der Waals surface area contributed by atoms with Crippen molar-refractivity contribution in [2.24, 2.45) is 0 Å². The number of carboxylic acid groups (broad SMARTS) is 2. The van der Waals surface area contributed by atoms with E-state index >= 15 is 0 Å². The molecule has 1 rings (SSSR count). The van der Waals surface area contributed by atoms with Gasteiger partial charge >= 0.3 is 11.9 Å². The molecule has 0 aliphatic rings. The van der Waals surface area contributed by atoms with Gasteiger partial charge in [0.2, 0.25) is 0 Å². The third kappa shape index (κ3) is 4.20. The number of halogens is 1. The van der Waals surface area contributed by atoms with Crippen molar-refractivity contribution in [3.8, 4) is 0 Å². The molecule has 1 unspecified atom stereocenters. The highest BCUT2D eigenvalue weighted by Crippen LogP contribution is 2.24. The van der Waals surface area contributed by atoms with E-state index in [0.717, 1.165) is 0 Å². The SMILES string of the molecule is CC(c1ccc(Br)o1)N(CC(=O)O)CC(=O)O. The molecule has 1 aromatic rings. The monoisotopic (exact) mass is 305 g/mol. The van der Waals surface area contributed by atoms with Gasteiger partial charge in [-0.1, -0.05) is 0 Å². The summed E-state index contributed by atoms with van der Waals surface area (Å²) in [5.41, 5.74) is 0. The van der Waals surface area contributed by atoms with Gasteiger partial charge in [0.25, 0.3) is 0 Å². The number of carboxylic acids is 2. The minimum atomic E-state index is -1.08. The molecule has 1 atom stereocenters. The fourth-order valence-corrected chi connectivity index (χ4v) is 1.73. The Bertz CT molecular complexity index is 401.